The summed E-state index contributed by atoms with van der Waals surface area (Å²) in [5.41, 5.74) is -1.21. The van der Waals surface area contributed by atoms with Crippen LogP contribution in [-0.4, -0.2) is 8.42 Å². The van der Waals surface area contributed by atoms with E-state index in [0.29, 0.717) is 0 Å². The van der Waals surface area contributed by atoms with E-state index in [1.165, 1.54) is 6.07 Å². The molecule has 0 N–H and O–H groups in total. The van der Waals surface area contributed by atoms with Crippen LogP contribution in [-0.2, 0) is 9.05 Å². The molecule has 1 rings (SSSR count). The molecule has 0 atom stereocenters. The van der Waals surface area contributed by atoms with Crippen molar-refractivity contribution in [3.05, 3.63) is 27.7 Å². The van der Waals surface area contributed by atoms with Crippen LogP contribution in [0.5, 0.6) is 0 Å². The third-order valence-electron chi connectivity index (χ3n) is 1.68. The van der Waals surface area contributed by atoms with Gasteiger partial charge in [0, 0.05) is 20.7 Å². The van der Waals surface area contributed by atoms with Crippen LogP contribution in [0.2, 0.25) is 0 Å². The Morgan fingerprint density at radius 1 is 1.44 bits per heavy atom. The van der Waals surface area contributed by atoms with E-state index >= 15 is 0 Å². The predicted octanol–water partition coefficient (Wildman–Crippen LogP) is 3.19. The second-order valence-corrected chi connectivity index (χ2v) is 6.14. The highest BCUT2D eigenvalue weighted by Crippen LogP contribution is 2.33. The highest BCUT2D eigenvalue weighted by Gasteiger charge is 2.26. The quantitative estimate of drug-likeness (QED) is 0.783. The standard InChI is InChI=1S/C8H3BrClF2NO2S/c9-5-1-4(3-13)7(16(10,14)15)6(2-5)8(11)12/h1-2,8H. The molecule has 0 aromatic heterocycles. The van der Waals surface area contributed by atoms with Gasteiger partial charge in [0.25, 0.3) is 15.5 Å². The van der Waals surface area contributed by atoms with Gasteiger partial charge in [0.05, 0.1) is 5.56 Å². The topological polar surface area (TPSA) is 57.9 Å². The summed E-state index contributed by atoms with van der Waals surface area (Å²) in [7, 11) is 0.627. The minimum absolute atomic E-state index is 0.184. The SMILES string of the molecule is N#Cc1cc(Br)cc(C(F)F)c1S(=O)(=O)Cl. The number of hydrogen-bond acceptors (Lipinski definition) is 3. The molecule has 0 radical (unpaired) electrons. The number of halogens is 4. The number of alkyl halides is 2. The Balaban J connectivity index is 3.74. The summed E-state index contributed by atoms with van der Waals surface area (Å²) in [6.45, 7) is 0. The second-order valence-electron chi connectivity index (χ2n) is 2.72. The Hall–Kier alpha value is -0.710. The van der Waals surface area contributed by atoms with Crippen molar-refractivity contribution in [1.29, 1.82) is 5.26 Å². The van der Waals surface area contributed by atoms with Gasteiger partial charge < -0.3 is 0 Å². The van der Waals surface area contributed by atoms with Gasteiger partial charge in [-0.1, -0.05) is 15.9 Å². The van der Waals surface area contributed by atoms with E-state index in [0.717, 1.165) is 12.1 Å². The summed E-state index contributed by atoms with van der Waals surface area (Å²) in [5, 5.41) is 8.67. The van der Waals surface area contributed by atoms with Crippen LogP contribution in [0.3, 0.4) is 0 Å². The van der Waals surface area contributed by atoms with Crippen LogP contribution >= 0.6 is 26.6 Å². The Morgan fingerprint density at radius 2 is 2.00 bits per heavy atom. The van der Waals surface area contributed by atoms with E-state index < -0.39 is 31.5 Å². The molecular formula is C8H3BrClF2NO2S. The third kappa shape index (κ3) is 2.70. The molecular weight excluding hydrogens is 328 g/mol. The average molecular weight is 331 g/mol. The molecule has 0 aliphatic rings. The normalized spacial score (nSPS) is 11.5. The van der Waals surface area contributed by atoms with Gasteiger partial charge in [0.1, 0.15) is 11.0 Å². The molecule has 1 aromatic rings. The van der Waals surface area contributed by atoms with Crippen molar-refractivity contribution in [1.82, 2.24) is 0 Å². The van der Waals surface area contributed by atoms with Crippen molar-refractivity contribution in [3.63, 3.8) is 0 Å². The summed E-state index contributed by atoms with van der Waals surface area (Å²) in [6, 6.07) is 3.54. The van der Waals surface area contributed by atoms with E-state index in [4.69, 9.17) is 15.9 Å². The first kappa shape index (κ1) is 13.4. The van der Waals surface area contributed by atoms with Crippen molar-refractivity contribution in [2.45, 2.75) is 11.3 Å². The van der Waals surface area contributed by atoms with E-state index in [9.17, 15) is 17.2 Å². The van der Waals surface area contributed by atoms with Crippen LogP contribution < -0.4 is 0 Å². The Kier molecular flexibility index (Phi) is 3.88. The van der Waals surface area contributed by atoms with Crippen LogP contribution in [0.15, 0.2) is 21.5 Å². The summed E-state index contributed by atoms with van der Waals surface area (Å²) < 4.78 is 47.6. The molecule has 1 aromatic carbocycles. The molecule has 0 heterocycles. The largest absolute Gasteiger partial charge is 0.265 e. The fourth-order valence-electron chi connectivity index (χ4n) is 1.13. The lowest BCUT2D eigenvalue weighted by Gasteiger charge is -2.08. The minimum atomic E-state index is -4.39. The fraction of sp³-hybridized carbons (Fsp3) is 0.125. The van der Waals surface area contributed by atoms with E-state index in [-0.39, 0.29) is 4.47 Å². The first-order valence-electron chi connectivity index (χ1n) is 3.73. The summed E-state index contributed by atoms with van der Waals surface area (Å²) >= 11 is 2.90. The highest BCUT2D eigenvalue weighted by molar-refractivity contribution is 9.10. The van der Waals surface area contributed by atoms with Crippen molar-refractivity contribution in [2.24, 2.45) is 0 Å². The van der Waals surface area contributed by atoms with Gasteiger partial charge in [-0.3, -0.25) is 0 Å². The van der Waals surface area contributed by atoms with Gasteiger partial charge in [-0.05, 0) is 12.1 Å². The maximum Gasteiger partial charge on any atom is 0.265 e. The van der Waals surface area contributed by atoms with Crippen molar-refractivity contribution in [3.8, 4) is 6.07 Å². The summed E-state index contributed by atoms with van der Waals surface area (Å²) in [4.78, 5) is -0.838. The van der Waals surface area contributed by atoms with E-state index in [1.807, 2.05) is 0 Å². The summed E-state index contributed by atoms with van der Waals surface area (Å²) in [6.07, 6.45) is -3.03. The lowest BCUT2D eigenvalue weighted by atomic mass is 10.1. The molecule has 16 heavy (non-hydrogen) atoms. The fourth-order valence-corrected chi connectivity index (χ4v) is 2.92. The smallest absolute Gasteiger partial charge is 0.207 e. The third-order valence-corrected chi connectivity index (χ3v) is 3.55. The maximum atomic E-state index is 12.6. The zero-order chi connectivity index (χ0) is 12.5. The first-order chi connectivity index (χ1) is 7.27. The van der Waals surface area contributed by atoms with Crippen molar-refractivity contribution >= 4 is 35.7 Å². The molecule has 0 unspecified atom stereocenters. The number of rotatable bonds is 2. The molecule has 0 amide bonds. The van der Waals surface area contributed by atoms with Gasteiger partial charge in [-0.2, -0.15) is 5.26 Å². The van der Waals surface area contributed by atoms with Crippen molar-refractivity contribution < 1.29 is 17.2 Å². The molecule has 0 bridgehead atoms. The lowest BCUT2D eigenvalue weighted by Crippen LogP contribution is -2.02. The second kappa shape index (κ2) is 4.65. The van der Waals surface area contributed by atoms with Gasteiger partial charge in [0.2, 0.25) is 0 Å². The zero-order valence-corrected chi connectivity index (χ0v) is 10.6. The Labute approximate surface area is 103 Å². The predicted molar refractivity (Wildman–Crippen MR) is 56.9 cm³/mol. The van der Waals surface area contributed by atoms with Crippen molar-refractivity contribution in [2.75, 3.05) is 0 Å². The maximum absolute atomic E-state index is 12.6. The lowest BCUT2D eigenvalue weighted by molar-refractivity contribution is 0.148. The average Bonchev–Trinajstić information content (AvgIpc) is 2.14. The first-order valence-corrected chi connectivity index (χ1v) is 6.84. The summed E-state index contributed by atoms with van der Waals surface area (Å²) in [5.74, 6) is 0. The molecule has 0 fully saturated rings. The molecule has 0 spiro atoms. The van der Waals surface area contributed by atoms with Gasteiger partial charge in [0.15, 0.2) is 0 Å². The van der Waals surface area contributed by atoms with Crippen LogP contribution in [0, 0.1) is 11.3 Å². The molecule has 0 saturated carbocycles. The number of nitriles is 1. The van der Waals surface area contributed by atoms with Gasteiger partial charge in [-0.25, -0.2) is 17.2 Å². The van der Waals surface area contributed by atoms with E-state index in [2.05, 4.69) is 15.9 Å². The zero-order valence-electron chi connectivity index (χ0n) is 7.42. The Morgan fingerprint density at radius 3 is 2.38 bits per heavy atom. The number of hydrogen-bond donors (Lipinski definition) is 0. The van der Waals surface area contributed by atoms with E-state index in [1.54, 1.807) is 0 Å². The van der Waals surface area contributed by atoms with Crippen LogP contribution in [0.25, 0.3) is 0 Å². The molecule has 0 aliphatic heterocycles. The van der Waals surface area contributed by atoms with Gasteiger partial charge in [-0.15, -0.1) is 0 Å². The molecule has 8 heteroatoms. The highest BCUT2D eigenvalue weighted by atomic mass is 79.9. The molecule has 0 aliphatic carbocycles. The molecule has 3 nitrogen and oxygen atoms in total. The van der Waals surface area contributed by atoms with Crippen LogP contribution in [0.4, 0.5) is 8.78 Å². The number of benzene rings is 1. The molecule has 86 valence electrons. The van der Waals surface area contributed by atoms with Gasteiger partial charge >= 0.3 is 0 Å². The number of nitrogens with zero attached hydrogens (tertiary/aromatic N) is 1. The minimum Gasteiger partial charge on any atom is -0.207 e. The van der Waals surface area contributed by atoms with Crippen LogP contribution in [0.1, 0.15) is 17.6 Å². The molecule has 0 saturated heterocycles. The monoisotopic (exact) mass is 329 g/mol. The Bertz CT molecular complexity index is 568.